The number of aromatic nitrogens is 1. The molecule has 0 radical (unpaired) electrons. The van der Waals surface area contributed by atoms with Gasteiger partial charge in [-0.1, -0.05) is 30.3 Å². The first-order valence-electron chi connectivity index (χ1n) is 10.0. The molecule has 0 atom stereocenters. The van der Waals surface area contributed by atoms with E-state index in [0.717, 1.165) is 29.2 Å². The second-order valence-corrected chi connectivity index (χ2v) is 7.48. The molecule has 6 heteroatoms. The van der Waals surface area contributed by atoms with Gasteiger partial charge in [-0.3, -0.25) is 4.79 Å². The van der Waals surface area contributed by atoms with Crippen LogP contribution in [0.3, 0.4) is 0 Å². The van der Waals surface area contributed by atoms with Gasteiger partial charge in [-0.05, 0) is 30.7 Å². The van der Waals surface area contributed by atoms with Crippen molar-refractivity contribution in [1.29, 1.82) is 0 Å². The van der Waals surface area contributed by atoms with Crippen LogP contribution in [-0.4, -0.2) is 51.9 Å². The van der Waals surface area contributed by atoms with Gasteiger partial charge in [0.25, 0.3) is 5.91 Å². The molecule has 0 saturated carbocycles. The molecule has 0 unspecified atom stereocenters. The van der Waals surface area contributed by atoms with Crippen LogP contribution in [-0.2, 0) is 0 Å². The minimum atomic E-state index is -0.0721. The van der Waals surface area contributed by atoms with E-state index in [2.05, 4.69) is 24.0 Å². The van der Waals surface area contributed by atoms with E-state index >= 15 is 0 Å². The van der Waals surface area contributed by atoms with Gasteiger partial charge in [-0.15, -0.1) is 0 Å². The number of amides is 1. The Kier molecular flexibility index (Phi) is 6.79. The van der Waals surface area contributed by atoms with Crippen LogP contribution in [0.15, 0.2) is 54.6 Å². The largest absolute Gasteiger partial charge is 0.497 e. The normalized spacial score (nSPS) is 10.9. The highest BCUT2D eigenvalue weighted by Crippen LogP contribution is 2.35. The lowest BCUT2D eigenvalue weighted by Gasteiger charge is -2.16. The number of carbonyl (C=O) groups is 1. The number of ether oxygens (including phenoxy) is 2. The van der Waals surface area contributed by atoms with Crippen LogP contribution in [0.4, 0.5) is 0 Å². The standard InChI is InChI=1S/C24H29N3O3/c1-17-20(24(28)25-13-14-26(2)3)16-22(18-9-7-6-8-10-18)27(17)21-12-11-19(29-4)15-23(21)30-5/h6-12,15-16H,13-14H2,1-5H3,(H,25,28)/p+1. The summed E-state index contributed by atoms with van der Waals surface area (Å²) in [5.41, 5.74) is 4.31. The molecule has 0 spiro atoms. The van der Waals surface area contributed by atoms with Gasteiger partial charge in [0.15, 0.2) is 0 Å². The van der Waals surface area contributed by atoms with Crippen LogP contribution in [0.5, 0.6) is 11.5 Å². The summed E-state index contributed by atoms with van der Waals surface area (Å²) >= 11 is 0. The number of rotatable bonds is 8. The third-order valence-corrected chi connectivity index (χ3v) is 5.10. The average molecular weight is 409 g/mol. The summed E-state index contributed by atoms with van der Waals surface area (Å²) in [5, 5.41) is 3.04. The SMILES string of the molecule is COc1ccc(-n2c(-c3ccccc3)cc(C(=O)NCC[NH+](C)C)c2C)c(OC)c1. The molecule has 1 amide bonds. The van der Waals surface area contributed by atoms with E-state index < -0.39 is 0 Å². The number of methoxy groups -OCH3 is 2. The highest BCUT2D eigenvalue weighted by molar-refractivity contribution is 5.97. The van der Waals surface area contributed by atoms with Gasteiger partial charge < -0.3 is 24.3 Å². The van der Waals surface area contributed by atoms with Crippen molar-refractivity contribution < 1.29 is 19.2 Å². The second-order valence-electron chi connectivity index (χ2n) is 7.48. The Morgan fingerprint density at radius 3 is 2.40 bits per heavy atom. The first-order chi connectivity index (χ1) is 14.5. The van der Waals surface area contributed by atoms with Crippen molar-refractivity contribution in [2.75, 3.05) is 41.4 Å². The maximum absolute atomic E-state index is 12.9. The molecule has 1 heterocycles. The smallest absolute Gasteiger partial charge is 0.253 e. The van der Waals surface area contributed by atoms with Crippen molar-refractivity contribution in [2.45, 2.75) is 6.92 Å². The second kappa shape index (κ2) is 9.50. The monoisotopic (exact) mass is 408 g/mol. The van der Waals surface area contributed by atoms with E-state index in [1.807, 2.05) is 61.5 Å². The predicted molar refractivity (Wildman–Crippen MR) is 119 cm³/mol. The predicted octanol–water partition coefficient (Wildman–Crippen LogP) is 2.34. The van der Waals surface area contributed by atoms with E-state index in [1.165, 1.54) is 4.90 Å². The third kappa shape index (κ3) is 4.49. The van der Waals surface area contributed by atoms with E-state index in [9.17, 15) is 4.79 Å². The van der Waals surface area contributed by atoms with Crippen molar-refractivity contribution in [3.63, 3.8) is 0 Å². The Balaban J connectivity index is 2.12. The molecule has 0 aliphatic carbocycles. The molecule has 1 aromatic heterocycles. The van der Waals surface area contributed by atoms with Crippen molar-refractivity contribution in [3.05, 3.63) is 65.9 Å². The molecule has 3 rings (SSSR count). The molecular formula is C24H30N3O3+. The molecule has 0 aliphatic rings. The van der Waals surface area contributed by atoms with Crippen molar-refractivity contribution in [2.24, 2.45) is 0 Å². The first-order valence-corrected chi connectivity index (χ1v) is 10.0. The number of nitrogens with zero attached hydrogens (tertiary/aromatic N) is 1. The Hall–Kier alpha value is -3.25. The molecular weight excluding hydrogens is 378 g/mol. The Morgan fingerprint density at radius 1 is 1.03 bits per heavy atom. The molecule has 2 N–H and O–H groups in total. The molecule has 3 aromatic rings. The van der Waals surface area contributed by atoms with Gasteiger partial charge in [0, 0.05) is 11.8 Å². The molecule has 2 aromatic carbocycles. The summed E-state index contributed by atoms with van der Waals surface area (Å²) < 4.78 is 13.1. The summed E-state index contributed by atoms with van der Waals surface area (Å²) in [4.78, 5) is 14.2. The number of benzene rings is 2. The molecule has 158 valence electrons. The van der Waals surface area contributed by atoms with Gasteiger partial charge in [-0.2, -0.15) is 0 Å². The van der Waals surface area contributed by atoms with Gasteiger partial charge in [0.1, 0.15) is 11.5 Å². The van der Waals surface area contributed by atoms with E-state index in [4.69, 9.17) is 9.47 Å². The lowest BCUT2D eigenvalue weighted by Crippen LogP contribution is -3.06. The lowest BCUT2D eigenvalue weighted by molar-refractivity contribution is -0.856. The fourth-order valence-corrected chi connectivity index (χ4v) is 3.46. The van der Waals surface area contributed by atoms with Crippen molar-refractivity contribution in [1.82, 2.24) is 9.88 Å². The number of quaternary nitrogens is 1. The van der Waals surface area contributed by atoms with Gasteiger partial charge >= 0.3 is 0 Å². The maximum atomic E-state index is 12.9. The highest BCUT2D eigenvalue weighted by atomic mass is 16.5. The quantitative estimate of drug-likeness (QED) is 0.602. The van der Waals surface area contributed by atoms with E-state index in [0.29, 0.717) is 23.6 Å². The van der Waals surface area contributed by atoms with Gasteiger partial charge in [0.05, 0.1) is 58.3 Å². The van der Waals surface area contributed by atoms with E-state index in [-0.39, 0.29) is 5.91 Å². The Labute approximate surface area is 178 Å². The number of nitrogens with one attached hydrogen (secondary N) is 2. The fraction of sp³-hybridized carbons (Fsp3) is 0.292. The van der Waals surface area contributed by atoms with Crippen LogP contribution in [0.25, 0.3) is 16.9 Å². The van der Waals surface area contributed by atoms with E-state index in [1.54, 1.807) is 14.2 Å². The zero-order valence-corrected chi connectivity index (χ0v) is 18.3. The van der Waals surface area contributed by atoms with Crippen LogP contribution in [0, 0.1) is 6.92 Å². The third-order valence-electron chi connectivity index (χ3n) is 5.10. The molecule has 0 fully saturated rings. The fourth-order valence-electron chi connectivity index (χ4n) is 3.46. The lowest BCUT2D eigenvalue weighted by atomic mass is 10.1. The van der Waals surface area contributed by atoms with Gasteiger partial charge in [0.2, 0.25) is 0 Å². The minimum Gasteiger partial charge on any atom is -0.497 e. The Morgan fingerprint density at radius 2 is 1.77 bits per heavy atom. The summed E-state index contributed by atoms with van der Waals surface area (Å²) in [5.74, 6) is 1.32. The van der Waals surface area contributed by atoms with Crippen molar-refractivity contribution >= 4 is 5.91 Å². The first kappa shape index (κ1) is 21.5. The average Bonchev–Trinajstić information content (AvgIpc) is 3.10. The van der Waals surface area contributed by atoms with Crippen LogP contribution >= 0.6 is 0 Å². The van der Waals surface area contributed by atoms with Gasteiger partial charge in [-0.25, -0.2) is 0 Å². The molecule has 0 bridgehead atoms. The summed E-state index contributed by atoms with van der Waals surface area (Å²) in [6, 6.07) is 17.7. The zero-order valence-electron chi connectivity index (χ0n) is 18.3. The molecule has 0 saturated heterocycles. The molecule has 30 heavy (non-hydrogen) atoms. The van der Waals surface area contributed by atoms with Crippen LogP contribution in [0.2, 0.25) is 0 Å². The maximum Gasteiger partial charge on any atom is 0.253 e. The molecule has 0 aliphatic heterocycles. The zero-order chi connectivity index (χ0) is 21.7. The number of hydrogen-bond donors (Lipinski definition) is 2. The minimum absolute atomic E-state index is 0.0721. The van der Waals surface area contributed by atoms with Crippen LogP contribution in [0.1, 0.15) is 16.1 Å². The Bertz CT molecular complexity index is 1010. The summed E-state index contributed by atoms with van der Waals surface area (Å²) in [7, 11) is 7.40. The number of likely N-dealkylation sites (N-methyl/N-ethyl adjacent to an activating group) is 1. The van der Waals surface area contributed by atoms with Crippen LogP contribution < -0.4 is 19.7 Å². The summed E-state index contributed by atoms with van der Waals surface area (Å²) in [6.45, 7) is 3.45. The van der Waals surface area contributed by atoms with Crippen molar-refractivity contribution in [3.8, 4) is 28.4 Å². The highest BCUT2D eigenvalue weighted by Gasteiger charge is 2.21. The summed E-state index contributed by atoms with van der Waals surface area (Å²) in [6.07, 6.45) is 0. The number of hydrogen-bond acceptors (Lipinski definition) is 3. The number of carbonyl (C=O) groups excluding carboxylic acids is 1. The molecule has 6 nitrogen and oxygen atoms in total. The topological polar surface area (TPSA) is 56.9 Å².